The van der Waals surface area contributed by atoms with Crippen molar-refractivity contribution in [3.63, 3.8) is 0 Å². The van der Waals surface area contributed by atoms with E-state index in [1.807, 2.05) is 23.1 Å². The van der Waals surface area contributed by atoms with Crippen LogP contribution in [0.4, 0.5) is 0 Å². The zero-order valence-corrected chi connectivity index (χ0v) is 15.8. The van der Waals surface area contributed by atoms with Gasteiger partial charge in [0.2, 0.25) is 5.91 Å². The molecule has 0 spiro atoms. The molecule has 0 bridgehead atoms. The number of rotatable bonds is 2. The summed E-state index contributed by atoms with van der Waals surface area (Å²) < 4.78 is 27.4. The molecular weight excluding hydrogens is 356 g/mol. The molecule has 1 saturated heterocycles. The zero-order chi connectivity index (χ0) is 17.8. The van der Waals surface area contributed by atoms with Gasteiger partial charge in [-0.05, 0) is 22.6 Å². The van der Waals surface area contributed by atoms with E-state index in [0.29, 0.717) is 13.1 Å². The van der Waals surface area contributed by atoms with Crippen LogP contribution in [0, 0.1) is 0 Å². The Morgan fingerprint density at radius 2 is 1.92 bits per heavy atom. The number of fused-ring (bicyclic) bond motifs is 3. The molecule has 132 valence electrons. The molecule has 0 saturated carbocycles. The second-order valence-electron chi connectivity index (χ2n) is 7.24. The fourth-order valence-corrected chi connectivity index (χ4v) is 6.41. The van der Waals surface area contributed by atoms with Crippen LogP contribution in [0.2, 0.25) is 0 Å². The predicted octanol–water partition coefficient (Wildman–Crippen LogP) is 2.61. The van der Waals surface area contributed by atoms with E-state index in [4.69, 9.17) is 0 Å². The minimum atomic E-state index is -3.63. The van der Waals surface area contributed by atoms with Crippen molar-refractivity contribution in [1.82, 2.24) is 9.21 Å². The highest BCUT2D eigenvalue weighted by Crippen LogP contribution is 2.42. The van der Waals surface area contributed by atoms with Crippen LogP contribution in [0.5, 0.6) is 0 Å². The molecule has 1 aromatic carbocycles. The largest absolute Gasteiger partial charge is 0.332 e. The summed E-state index contributed by atoms with van der Waals surface area (Å²) in [6.45, 7) is 5.09. The molecule has 0 aliphatic carbocycles. The molecule has 25 heavy (non-hydrogen) atoms. The number of hydrogen-bond acceptors (Lipinski definition) is 4. The monoisotopic (exact) mass is 376 g/mol. The van der Waals surface area contributed by atoms with E-state index in [1.54, 1.807) is 17.5 Å². The highest BCUT2D eigenvalue weighted by atomic mass is 32.2. The van der Waals surface area contributed by atoms with Crippen molar-refractivity contribution in [2.75, 3.05) is 19.6 Å². The first-order valence-corrected chi connectivity index (χ1v) is 10.6. The number of sulfonamides is 1. The van der Waals surface area contributed by atoms with Gasteiger partial charge < -0.3 is 4.90 Å². The van der Waals surface area contributed by atoms with E-state index < -0.39 is 10.0 Å². The Morgan fingerprint density at radius 3 is 2.64 bits per heavy atom. The molecule has 7 heteroatoms. The molecule has 1 atom stereocenters. The average molecular weight is 377 g/mol. The van der Waals surface area contributed by atoms with Crippen LogP contribution in [0.1, 0.15) is 31.0 Å². The van der Waals surface area contributed by atoms with Gasteiger partial charge in [-0.2, -0.15) is 4.31 Å². The predicted molar refractivity (Wildman–Crippen MR) is 97.0 cm³/mol. The lowest BCUT2D eigenvalue weighted by Gasteiger charge is -2.49. The second kappa shape index (κ2) is 5.65. The summed E-state index contributed by atoms with van der Waals surface area (Å²) in [6.07, 6.45) is 0. The number of hydrogen-bond donors (Lipinski definition) is 0. The van der Waals surface area contributed by atoms with Gasteiger partial charge in [-0.1, -0.05) is 44.2 Å². The molecule has 5 nitrogen and oxygen atoms in total. The molecule has 1 aromatic heterocycles. The van der Waals surface area contributed by atoms with E-state index >= 15 is 0 Å². The van der Waals surface area contributed by atoms with Gasteiger partial charge in [-0.25, -0.2) is 8.42 Å². The molecule has 2 aromatic rings. The maximum atomic E-state index is 12.9. The van der Waals surface area contributed by atoms with Crippen molar-refractivity contribution in [2.45, 2.75) is 29.5 Å². The molecule has 0 radical (unpaired) electrons. The Bertz CT molecular complexity index is 920. The molecule has 1 unspecified atom stereocenters. The van der Waals surface area contributed by atoms with Gasteiger partial charge >= 0.3 is 0 Å². The molecule has 3 heterocycles. The van der Waals surface area contributed by atoms with E-state index in [0.717, 1.165) is 5.56 Å². The summed E-state index contributed by atoms with van der Waals surface area (Å²) in [5, 5.41) is 1.74. The van der Waals surface area contributed by atoms with Gasteiger partial charge in [0.1, 0.15) is 4.21 Å². The Kier molecular flexibility index (Phi) is 3.79. The molecule has 1 fully saturated rings. The van der Waals surface area contributed by atoms with Crippen LogP contribution >= 0.6 is 11.3 Å². The number of amides is 1. The van der Waals surface area contributed by atoms with Crippen molar-refractivity contribution in [3.8, 4) is 0 Å². The SMILES string of the molecule is CC1(C)CN2C(=O)CN(S(=O)(=O)c3cccs3)CC2c2ccccc21. The maximum absolute atomic E-state index is 12.9. The topological polar surface area (TPSA) is 57.7 Å². The maximum Gasteiger partial charge on any atom is 0.253 e. The van der Waals surface area contributed by atoms with Gasteiger partial charge in [0.15, 0.2) is 0 Å². The summed E-state index contributed by atoms with van der Waals surface area (Å²) in [6, 6.07) is 11.1. The standard InChI is InChI=1S/C18H20N2O3S2/c1-18(2)12-20-15(13-6-3-4-7-14(13)18)10-19(11-16(20)21)25(22,23)17-8-5-9-24-17/h3-9,15H,10-12H2,1-2H3. The number of piperazine rings is 1. The summed E-state index contributed by atoms with van der Waals surface area (Å²) >= 11 is 1.18. The minimum Gasteiger partial charge on any atom is -0.332 e. The third kappa shape index (κ3) is 2.61. The number of thiophene rings is 1. The Labute approximate surface area is 151 Å². The lowest BCUT2D eigenvalue weighted by molar-refractivity contribution is -0.139. The van der Waals surface area contributed by atoms with Crippen molar-refractivity contribution in [2.24, 2.45) is 0 Å². The van der Waals surface area contributed by atoms with Crippen molar-refractivity contribution in [3.05, 3.63) is 52.9 Å². The smallest absolute Gasteiger partial charge is 0.253 e. The van der Waals surface area contributed by atoms with Gasteiger partial charge in [0, 0.05) is 18.5 Å². The molecule has 1 amide bonds. The van der Waals surface area contributed by atoms with E-state index in [2.05, 4.69) is 19.9 Å². The van der Waals surface area contributed by atoms with Crippen molar-refractivity contribution in [1.29, 1.82) is 0 Å². The van der Waals surface area contributed by atoms with Crippen LogP contribution in [-0.2, 0) is 20.2 Å². The van der Waals surface area contributed by atoms with Gasteiger partial charge in [-0.15, -0.1) is 11.3 Å². The van der Waals surface area contributed by atoms with E-state index in [-0.39, 0.29) is 28.1 Å². The molecular formula is C18H20N2O3S2. The van der Waals surface area contributed by atoms with Crippen LogP contribution in [0.3, 0.4) is 0 Å². The first-order chi connectivity index (χ1) is 11.8. The summed E-state index contributed by atoms with van der Waals surface area (Å²) in [5.74, 6) is -0.126. The van der Waals surface area contributed by atoms with Crippen LogP contribution in [0.25, 0.3) is 0 Å². The zero-order valence-electron chi connectivity index (χ0n) is 14.2. The Balaban J connectivity index is 1.76. The van der Waals surface area contributed by atoms with Gasteiger partial charge in [0.05, 0.1) is 12.6 Å². The molecule has 2 aliphatic rings. The highest BCUT2D eigenvalue weighted by Gasteiger charge is 2.45. The first kappa shape index (κ1) is 16.8. The fraction of sp³-hybridized carbons (Fsp3) is 0.389. The third-order valence-corrected chi connectivity index (χ3v) is 8.27. The van der Waals surface area contributed by atoms with Gasteiger partial charge in [-0.3, -0.25) is 4.79 Å². The van der Waals surface area contributed by atoms with Crippen LogP contribution < -0.4 is 0 Å². The van der Waals surface area contributed by atoms with Crippen LogP contribution in [0.15, 0.2) is 46.0 Å². The highest BCUT2D eigenvalue weighted by molar-refractivity contribution is 7.91. The average Bonchev–Trinajstić information content (AvgIpc) is 3.11. The third-order valence-electron chi connectivity index (χ3n) is 5.09. The summed E-state index contributed by atoms with van der Waals surface area (Å²) in [5.41, 5.74) is 2.11. The van der Waals surface area contributed by atoms with E-state index in [1.165, 1.54) is 21.2 Å². The lowest BCUT2D eigenvalue weighted by Crippen LogP contribution is -2.58. The molecule has 4 rings (SSSR count). The van der Waals surface area contributed by atoms with Crippen molar-refractivity contribution < 1.29 is 13.2 Å². The van der Waals surface area contributed by atoms with E-state index in [9.17, 15) is 13.2 Å². The quantitative estimate of drug-likeness (QED) is 0.810. The number of carbonyl (C=O) groups is 1. The summed E-state index contributed by atoms with van der Waals surface area (Å²) in [7, 11) is -3.63. The Hall–Kier alpha value is -1.70. The lowest BCUT2D eigenvalue weighted by atomic mass is 9.75. The van der Waals surface area contributed by atoms with Crippen LogP contribution in [-0.4, -0.2) is 43.2 Å². The van der Waals surface area contributed by atoms with Crippen molar-refractivity contribution >= 4 is 27.3 Å². The normalized spacial score (nSPS) is 23.2. The fourth-order valence-electron chi connectivity index (χ4n) is 3.87. The second-order valence-corrected chi connectivity index (χ2v) is 10.4. The Morgan fingerprint density at radius 1 is 1.16 bits per heavy atom. The molecule has 2 aliphatic heterocycles. The first-order valence-electron chi connectivity index (χ1n) is 8.23. The number of nitrogens with zero attached hydrogens (tertiary/aromatic N) is 2. The minimum absolute atomic E-state index is 0.0883. The number of carbonyl (C=O) groups excluding carboxylic acids is 1. The number of benzene rings is 1. The summed E-state index contributed by atoms with van der Waals surface area (Å²) in [4.78, 5) is 14.6. The molecule has 0 N–H and O–H groups in total. The van der Waals surface area contributed by atoms with Gasteiger partial charge in [0.25, 0.3) is 10.0 Å².